The van der Waals surface area contributed by atoms with Gasteiger partial charge in [0.25, 0.3) is 0 Å². The Bertz CT molecular complexity index is 1970. The molecule has 0 bridgehead atoms. The van der Waals surface area contributed by atoms with E-state index in [-0.39, 0.29) is 0 Å². The third-order valence-corrected chi connectivity index (χ3v) is 10.6. The Morgan fingerprint density at radius 1 is 0.468 bits per heavy atom. The fourth-order valence-electron chi connectivity index (χ4n) is 6.81. The van der Waals surface area contributed by atoms with E-state index in [9.17, 15) is 0 Å². The van der Waals surface area contributed by atoms with E-state index in [1.165, 1.54) is 97.3 Å². The van der Waals surface area contributed by atoms with Crippen molar-refractivity contribution in [2.75, 3.05) is 0 Å². The second kappa shape index (κ2) is 14.0. The summed E-state index contributed by atoms with van der Waals surface area (Å²) in [6.45, 7) is 8.87. The Balaban J connectivity index is 1.16. The fourth-order valence-corrected chi connectivity index (χ4v) is 7.95. The third kappa shape index (κ3) is 6.31. The first-order chi connectivity index (χ1) is 23.1. The van der Waals surface area contributed by atoms with E-state index in [0.717, 1.165) is 79.9 Å². The lowest BCUT2D eigenvalue weighted by Gasteiger charge is -2.06. The summed E-state index contributed by atoms with van der Waals surface area (Å²) in [5.41, 5.74) is 17.5. The lowest BCUT2D eigenvalue weighted by Crippen LogP contribution is -1.88. The normalized spacial score (nSPS) is 11.8. The molecule has 0 radical (unpaired) electrons. The van der Waals surface area contributed by atoms with Gasteiger partial charge in [-0.1, -0.05) is 52.4 Å². The van der Waals surface area contributed by atoms with Crippen molar-refractivity contribution < 1.29 is 0 Å². The molecule has 5 aromatic heterocycles. The average molecular weight is 662 g/mol. The molecule has 0 fully saturated rings. The molecule has 7 nitrogen and oxygen atoms in total. The standard InChI is InChI=1S/C38H43N7S2/c1-5-7-9-11-13-25-21-33(39-23(25)3)29-17-15-27(35-37(29)44-46-42-35)31-19-20-32(41-31)28-16-18-30(38-36(28)43-47-45-38)34-22-26(24(4)40-34)14-12-10-8-6-2/h15-22,39-41H,5-14H2,1-4H3. The van der Waals surface area contributed by atoms with Crippen LogP contribution in [0.4, 0.5) is 0 Å². The van der Waals surface area contributed by atoms with Crippen LogP contribution in [0.25, 0.3) is 67.1 Å². The molecule has 47 heavy (non-hydrogen) atoms. The highest BCUT2D eigenvalue weighted by atomic mass is 32.1. The van der Waals surface area contributed by atoms with Gasteiger partial charge in [-0.3, -0.25) is 0 Å². The third-order valence-electron chi connectivity index (χ3n) is 9.52. The van der Waals surface area contributed by atoms with E-state index < -0.39 is 0 Å². The van der Waals surface area contributed by atoms with Gasteiger partial charge in [0.15, 0.2) is 0 Å². The molecule has 3 N–H and O–H groups in total. The summed E-state index contributed by atoms with van der Waals surface area (Å²) in [5.74, 6) is 0. The minimum absolute atomic E-state index is 0.918. The van der Waals surface area contributed by atoms with Crippen LogP contribution in [0.15, 0.2) is 48.5 Å². The van der Waals surface area contributed by atoms with Crippen LogP contribution in [0, 0.1) is 13.8 Å². The number of aromatic amines is 3. The molecule has 9 heteroatoms. The number of hydrogen-bond donors (Lipinski definition) is 3. The average Bonchev–Trinajstić information content (AvgIpc) is 3.92. The summed E-state index contributed by atoms with van der Waals surface area (Å²) in [4.78, 5) is 10.9. The minimum atomic E-state index is 0.918. The predicted molar refractivity (Wildman–Crippen MR) is 198 cm³/mol. The number of aryl methyl sites for hydroxylation is 4. The van der Waals surface area contributed by atoms with Crippen molar-refractivity contribution in [1.29, 1.82) is 0 Å². The SMILES string of the molecule is CCCCCCc1cc(-c2ccc(-c3ccc(-c4ccc(-c5cc(CCCCCC)c(C)[nH]5)c5nsnc45)[nH]3)c3nsnc23)[nH]c1C. The van der Waals surface area contributed by atoms with Crippen LogP contribution in [0.2, 0.25) is 0 Å². The van der Waals surface area contributed by atoms with Crippen LogP contribution in [0.1, 0.15) is 87.7 Å². The Labute approximate surface area is 284 Å². The van der Waals surface area contributed by atoms with Crippen LogP contribution in [-0.2, 0) is 12.8 Å². The topological polar surface area (TPSA) is 98.9 Å². The maximum atomic E-state index is 4.76. The summed E-state index contributed by atoms with van der Waals surface area (Å²) in [6, 6.07) is 17.6. The van der Waals surface area contributed by atoms with Gasteiger partial charge in [-0.2, -0.15) is 17.5 Å². The van der Waals surface area contributed by atoms with Crippen LogP contribution in [0.3, 0.4) is 0 Å². The predicted octanol–water partition coefficient (Wildman–Crippen LogP) is 11.2. The molecule has 0 aliphatic heterocycles. The number of nitrogens with one attached hydrogen (secondary N) is 3. The van der Waals surface area contributed by atoms with Crippen LogP contribution in [-0.4, -0.2) is 32.4 Å². The van der Waals surface area contributed by atoms with Gasteiger partial charge in [-0.15, -0.1) is 0 Å². The lowest BCUT2D eigenvalue weighted by molar-refractivity contribution is 0.666. The molecule has 0 saturated carbocycles. The number of benzene rings is 2. The van der Waals surface area contributed by atoms with Gasteiger partial charge in [0, 0.05) is 56.4 Å². The molecule has 5 heterocycles. The molecule has 0 unspecified atom stereocenters. The molecule has 0 amide bonds. The zero-order valence-corrected chi connectivity index (χ0v) is 29.4. The molecule has 242 valence electrons. The van der Waals surface area contributed by atoms with Gasteiger partial charge in [0.05, 0.1) is 23.5 Å². The van der Waals surface area contributed by atoms with Gasteiger partial charge in [-0.05, 0) is 99.2 Å². The summed E-state index contributed by atoms with van der Waals surface area (Å²) in [5, 5.41) is 0. The van der Waals surface area contributed by atoms with Crippen molar-refractivity contribution in [1.82, 2.24) is 32.4 Å². The largest absolute Gasteiger partial charge is 0.358 e. The number of fused-ring (bicyclic) bond motifs is 2. The molecule has 0 atom stereocenters. The second-order valence-corrected chi connectivity index (χ2v) is 13.9. The first kappa shape index (κ1) is 31.5. The van der Waals surface area contributed by atoms with Gasteiger partial charge < -0.3 is 15.0 Å². The molecule has 7 aromatic rings. The van der Waals surface area contributed by atoms with E-state index in [4.69, 9.17) is 17.5 Å². The highest BCUT2D eigenvalue weighted by Gasteiger charge is 2.19. The van der Waals surface area contributed by atoms with Crippen molar-refractivity contribution in [2.24, 2.45) is 0 Å². The zero-order chi connectivity index (χ0) is 32.3. The lowest BCUT2D eigenvalue weighted by atomic mass is 10.0. The number of H-pyrrole nitrogens is 3. The maximum Gasteiger partial charge on any atom is 0.114 e. The Kier molecular flexibility index (Phi) is 9.36. The zero-order valence-electron chi connectivity index (χ0n) is 27.8. The molecule has 2 aromatic carbocycles. The van der Waals surface area contributed by atoms with E-state index in [1.807, 2.05) is 0 Å². The molecular formula is C38H43N7S2. The first-order valence-electron chi connectivity index (χ1n) is 17.1. The number of nitrogens with zero attached hydrogens (tertiary/aromatic N) is 4. The van der Waals surface area contributed by atoms with E-state index >= 15 is 0 Å². The quantitative estimate of drug-likeness (QED) is 0.101. The first-order valence-corrected chi connectivity index (χ1v) is 18.6. The second-order valence-electron chi connectivity index (χ2n) is 12.8. The number of rotatable bonds is 14. The minimum Gasteiger partial charge on any atom is -0.358 e. The molecule has 0 saturated heterocycles. The molecule has 7 rings (SSSR count). The van der Waals surface area contributed by atoms with E-state index in [1.54, 1.807) is 0 Å². The molecular weight excluding hydrogens is 619 g/mol. The van der Waals surface area contributed by atoms with Crippen molar-refractivity contribution in [3.8, 4) is 45.0 Å². The Hall–Kier alpha value is -4.08. The van der Waals surface area contributed by atoms with Crippen LogP contribution in [0.5, 0.6) is 0 Å². The summed E-state index contributed by atoms with van der Waals surface area (Å²) in [6.07, 6.45) is 12.4. The van der Waals surface area contributed by atoms with Crippen molar-refractivity contribution in [3.63, 3.8) is 0 Å². The summed E-state index contributed by atoms with van der Waals surface area (Å²) < 4.78 is 19.0. The van der Waals surface area contributed by atoms with Gasteiger partial charge in [0.2, 0.25) is 0 Å². The van der Waals surface area contributed by atoms with E-state index in [0.29, 0.717) is 0 Å². The number of unbranched alkanes of at least 4 members (excludes halogenated alkanes) is 6. The highest BCUT2D eigenvalue weighted by molar-refractivity contribution is 7.00. The van der Waals surface area contributed by atoms with Gasteiger partial charge >= 0.3 is 0 Å². The van der Waals surface area contributed by atoms with Crippen molar-refractivity contribution in [2.45, 2.75) is 91.9 Å². The van der Waals surface area contributed by atoms with Crippen molar-refractivity contribution in [3.05, 3.63) is 71.0 Å². The van der Waals surface area contributed by atoms with Crippen molar-refractivity contribution >= 4 is 45.5 Å². The fraction of sp³-hybridized carbons (Fsp3) is 0.368. The Morgan fingerprint density at radius 2 is 0.851 bits per heavy atom. The smallest absolute Gasteiger partial charge is 0.114 e. The monoisotopic (exact) mass is 661 g/mol. The van der Waals surface area contributed by atoms with Gasteiger partial charge in [-0.25, -0.2) is 0 Å². The molecule has 0 spiro atoms. The maximum absolute atomic E-state index is 4.76. The summed E-state index contributed by atoms with van der Waals surface area (Å²) >= 11 is 2.54. The molecule has 0 aliphatic carbocycles. The van der Waals surface area contributed by atoms with Gasteiger partial charge in [0.1, 0.15) is 22.1 Å². The molecule has 0 aliphatic rings. The summed E-state index contributed by atoms with van der Waals surface area (Å²) in [7, 11) is 0. The Morgan fingerprint density at radius 3 is 1.23 bits per heavy atom. The highest BCUT2D eigenvalue weighted by Crippen LogP contribution is 2.38. The van der Waals surface area contributed by atoms with Crippen LogP contribution < -0.4 is 0 Å². The van der Waals surface area contributed by atoms with Crippen LogP contribution >= 0.6 is 23.5 Å². The van der Waals surface area contributed by atoms with E-state index in [2.05, 4.69) is 91.2 Å². The number of hydrogen-bond acceptors (Lipinski definition) is 6. The number of aromatic nitrogens is 7.